The van der Waals surface area contributed by atoms with Crippen molar-refractivity contribution in [3.05, 3.63) is 76.1 Å². The van der Waals surface area contributed by atoms with Crippen molar-refractivity contribution in [2.45, 2.75) is 13.7 Å². The third kappa shape index (κ3) is 5.44. The van der Waals surface area contributed by atoms with E-state index in [9.17, 15) is 14.4 Å². The normalized spacial score (nSPS) is 10.4. The molecule has 0 spiro atoms. The van der Waals surface area contributed by atoms with Gasteiger partial charge in [0.05, 0.1) is 30.4 Å². The van der Waals surface area contributed by atoms with Crippen molar-refractivity contribution in [3.63, 3.8) is 0 Å². The van der Waals surface area contributed by atoms with Crippen LogP contribution in [0.15, 0.2) is 48.7 Å². The van der Waals surface area contributed by atoms with Crippen LogP contribution in [0.4, 0.5) is 5.69 Å². The molecule has 32 heavy (non-hydrogen) atoms. The fourth-order valence-electron chi connectivity index (χ4n) is 2.78. The highest BCUT2D eigenvalue weighted by molar-refractivity contribution is 6.32. The summed E-state index contributed by atoms with van der Waals surface area (Å²) in [5.74, 6) is -1.37. The van der Waals surface area contributed by atoms with E-state index >= 15 is 0 Å². The minimum absolute atomic E-state index is 0.0424. The van der Waals surface area contributed by atoms with Crippen molar-refractivity contribution >= 4 is 35.1 Å². The van der Waals surface area contributed by atoms with Crippen LogP contribution in [-0.2, 0) is 16.2 Å². The first-order valence-corrected chi connectivity index (χ1v) is 9.74. The Labute approximate surface area is 188 Å². The molecule has 9 nitrogen and oxygen atoms in total. The SMILES string of the molecule is COC(=O)c1cc(NC(=O)c2ccn(COc3cc(C)ccc3Cl)n2)cc(C(=O)OC)c1. The van der Waals surface area contributed by atoms with E-state index in [1.807, 2.05) is 13.0 Å². The van der Waals surface area contributed by atoms with Crippen LogP contribution in [0, 0.1) is 6.92 Å². The highest BCUT2D eigenvalue weighted by atomic mass is 35.5. The Balaban J connectivity index is 1.73. The maximum absolute atomic E-state index is 12.6. The maximum Gasteiger partial charge on any atom is 0.337 e. The van der Waals surface area contributed by atoms with E-state index < -0.39 is 17.8 Å². The minimum atomic E-state index is -0.664. The number of benzene rings is 2. The number of hydrogen-bond acceptors (Lipinski definition) is 7. The van der Waals surface area contributed by atoms with Gasteiger partial charge in [0.25, 0.3) is 5.91 Å². The number of amides is 1. The molecule has 0 bridgehead atoms. The molecule has 1 heterocycles. The van der Waals surface area contributed by atoms with Crippen molar-refractivity contribution in [3.8, 4) is 5.75 Å². The van der Waals surface area contributed by atoms with Gasteiger partial charge in [0, 0.05) is 11.9 Å². The molecule has 0 aliphatic rings. The molecule has 0 radical (unpaired) electrons. The second-order valence-corrected chi connectivity index (χ2v) is 7.09. The van der Waals surface area contributed by atoms with Gasteiger partial charge < -0.3 is 19.5 Å². The van der Waals surface area contributed by atoms with Crippen molar-refractivity contribution in [2.24, 2.45) is 0 Å². The third-order valence-electron chi connectivity index (χ3n) is 4.35. The van der Waals surface area contributed by atoms with E-state index in [-0.39, 0.29) is 29.2 Å². The molecule has 1 N–H and O–H groups in total. The summed E-state index contributed by atoms with van der Waals surface area (Å²) in [6, 6.07) is 11.0. The quantitative estimate of drug-likeness (QED) is 0.538. The topological polar surface area (TPSA) is 109 Å². The molecule has 3 rings (SSSR count). The predicted octanol–water partition coefficient (Wildman–Crippen LogP) is 3.71. The number of esters is 2. The summed E-state index contributed by atoms with van der Waals surface area (Å²) >= 11 is 6.11. The fraction of sp³-hybridized carbons (Fsp3) is 0.182. The number of nitrogens with zero attached hydrogens (tertiary/aromatic N) is 2. The minimum Gasteiger partial charge on any atom is -0.470 e. The summed E-state index contributed by atoms with van der Waals surface area (Å²) < 4.78 is 16.5. The van der Waals surface area contributed by atoms with E-state index in [0.29, 0.717) is 10.8 Å². The molecule has 1 aromatic heterocycles. The van der Waals surface area contributed by atoms with Crippen LogP contribution in [0.3, 0.4) is 0 Å². The van der Waals surface area contributed by atoms with Gasteiger partial charge in [0.1, 0.15) is 5.75 Å². The Morgan fingerprint density at radius 3 is 2.28 bits per heavy atom. The monoisotopic (exact) mass is 457 g/mol. The van der Waals surface area contributed by atoms with E-state index in [0.717, 1.165) is 5.56 Å². The van der Waals surface area contributed by atoms with Crippen LogP contribution >= 0.6 is 11.6 Å². The van der Waals surface area contributed by atoms with Gasteiger partial charge in [-0.1, -0.05) is 17.7 Å². The van der Waals surface area contributed by atoms with Crippen LogP contribution in [0.2, 0.25) is 5.02 Å². The Morgan fingerprint density at radius 2 is 1.66 bits per heavy atom. The molecule has 10 heteroatoms. The number of anilines is 1. The summed E-state index contributed by atoms with van der Waals surface area (Å²) in [5.41, 5.74) is 1.47. The Bertz CT molecular complexity index is 1140. The summed E-state index contributed by atoms with van der Waals surface area (Å²) in [4.78, 5) is 36.4. The molecule has 0 unspecified atom stereocenters. The van der Waals surface area contributed by atoms with Crippen LogP contribution in [0.25, 0.3) is 0 Å². The van der Waals surface area contributed by atoms with E-state index in [2.05, 4.69) is 19.9 Å². The summed E-state index contributed by atoms with van der Waals surface area (Å²) in [6.07, 6.45) is 1.57. The highest BCUT2D eigenvalue weighted by Gasteiger charge is 2.16. The van der Waals surface area contributed by atoms with E-state index in [1.54, 1.807) is 18.3 Å². The molecule has 0 aliphatic carbocycles. The lowest BCUT2D eigenvalue weighted by Gasteiger charge is -2.09. The van der Waals surface area contributed by atoms with Crippen molar-refractivity contribution in [2.75, 3.05) is 19.5 Å². The Hall–Kier alpha value is -3.85. The third-order valence-corrected chi connectivity index (χ3v) is 4.66. The molecule has 0 fully saturated rings. The Morgan fingerprint density at radius 1 is 1.00 bits per heavy atom. The number of halogens is 1. The van der Waals surface area contributed by atoms with Crippen molar-refractivity contribution in [1.29, 1.82) is 0 Å². The lowest BCUT2D eigenvalue weighted by atomic mass is 10.1. The molecular formula is C22H20ClN3O6. The number of rotatable bonds is 7. The number of ether oxygens (including phenoxy) is 3. The van der Waals surface area contributed by atoms with Crippen LogP contribution in [0.1, 0.15) is 36.8 Å². The molecule has 1 amide bonds. The van der Waals surface area contributed by atoms with Crippen LogP contribution in [-0.4, -0.2) is 41.8 Å². The number of aromatic nitrogens is 2. The summed E-state index contributed by atoms with van der Waals surface area (Å²) in [6.45, 7) is 1.96. The van der Waals surface area contributed by atoms with Crippen molar-refractivity contribution < 1.29 is 28.6 Å². The standard InChI is InChI=1S/C22H20ClN3O6/c1-13-4-5-17(23)19(8-13)32-12-26-7-6-18(25-26)20(27)24-16-10-14(21(28)30-2)9-15(11-16)22(29)31-3/h4-11H,12H2,1-3H3,(H,24,27). The first-order valence-electron chi connectivity index (χ1n) is 9.36. The van der Waals surface area contributed by atoms with Crippen LogP contribution < -0.4 is 10.1 Å². The zero-order chi connectivity index (χ0) is 23.3. The van der Waals surface area contributed by atoms with Gasteiger partial charge in [0.2, 0.25) is 0 Å². The fourth-order valence-corrected chi connectivity index (χ4v) is 2.95. The van der Waals surface area contributed by atoms with E-state index in [1.165, 1.54) is 43.2 Å². The number of aryl methyl sites for hydroxylation is 1. The van der Waals surface area contributed by atoms with Gasteiger partial charge in [-0.05, 0) is 48.9 Å². The smallest absolute Gasteiger partial charge is 0.337 e. The zero-order valence-electron chi connectivity index (χ0n) is 17.5. The van der Waals surface area contributed by atoms with Gasteiger partial charge in [-0.15, -0.1) is 0 Å². The molecular weight excluding hydrogens is 438 g/mol. The van der Waals surface area contributed by atoms with Gasteiger partial charge >= 0.3 is 11.9 Å². The van der Waals surface area contributed by atoms with Gasteiger partial charge in [-0.2, -0.15) is 5.10 Å². The molecule has 3 aromatic rings. The number of carbonyl (C=O) groups excluding carboxylic acids is 3. The number of methoxy groups -OCH3 is 2. The highest BCUT2D eigenvalue weighted by Crippen LogP contribution is 2.25. The molecule has 0 atom stereocenters. The lowest BCUT2D eigenvalue weighted by molar-refractivity contribution is 0.0599. The number of nitrogens with one attached hydrogen (secondary N) is 1. The lowest BCUT2D eigenvalue weighted by Crippen LogP contribution is -2.16. The molecule has 2 aromatic carbocycles. The number of hydrogen-bond donors (Lipinski definition) is 1. The average molecular weight is 458 g/mol. The zero-order valence-corrected chi connectivity index (χ0v) is 18.3. The molecule has 166 valence electrons. The second-order valence-electron chi connectivity index (χ2n) is 6.68. The number of carbonyl (C=O) groups is 3. The van der Waals surface area contributed by atoms with Gasteiger partial charge in [0.15, 0.2) is 12.4 Å². The van der Waals surface area contributed by atoms with Crippen LogP contribution in [0.5, 0.6) is 5.75 Å². The first-order chi connectivity index (χ1) is 15.3. The molecule has 0 saturated carbocycles. The first kappa shape index (κ1) is 22.8. The maximum atomic E-state index is 12.6. The van der Waals surface area contributed by atoms with Gasteiger partial charge in [-0.25, -0.2) is 14.3 Å². The molecule has 0 aliphatic heterocycles. The average Bonchev–Trinajstić information content (AvgIpc) is 3.27. The largest absolute Gasteiger partial charge is 0.470 e. The van der Waals surface area contributed by atoms with E-state index in [4.69, 9.17) is 16.3 Å². The second kappa shape index (κ2) is 9.97. The summed E-state index contributed by atoms with van der Waals surface area (Å²) in [7, 11) is 2.42. The Kier molecular flexibility index (Phi) is 7.11. The van der Waals surface area contributed by atoms with Crippen molar-refractivity contribution in [1.82, 2.24) is 9.78 Å². The predicted molar refractivity (Wildman–Crippen MR) is 116 cm³/mol. The molecule has 0 saturated heterocycles. The van der Waals surface area contributed by atoms with Gasteiger partial charge in [-0.3, -0.25) is 4.79 Å². The summed E-state index contributed by atoms with van der Waals surface area (Å²) in [5, 5.41) is 7.25.